The standard InChI is InChI=1S/C10H16O2S/c11-13(12)10-4-7-1-8(5-10)3-9(2-7)6-10/h7-9,13H,1-6H2. The summed E-state index contributed by atoms with van der Waals surface area (Å²) in [6.07, 6.45) is 6.92. The van der Waals surface area contributed by atoms with Crippen LogP contribution >= 0.6 is 0 Å². The second-order valence-corrected chi connectivity index (χ2v) is 6.86. The van der Waals surface area contributed by atoms with Gasteiger partial charge in [0.1, 0.15) is 10.7 Å². The van der Waals surface area contributed by atoms with Crippen molar-refractivity contribution >= 4 is 10.7 Å². The van der Waals surface area contributed by atoms with E-state index in [1.54, 1.807) is 0 Å². The maximum absolute atomic E-state index is 11.3. The number of rotatable bonds is 1. The third kappa shape index (κ3) is 1.09. The molecular formula is C10H16O2S. The molecular weight excluding hydrogens is 184 g/mol. The third-order valence-electron chi connectivity index (χ3n) is 4.39. The minimum absolute atomic E-state index is 0.246. The molecule has 74 valence electrons. The minimum Gasteiger partial charge on any atom is -0.231 e. The average molecular weight is 200 g/mol. The van der Waals surface area contributed by atoms with Crippen molar-refractivity contribution in [3.63, 3.8) is 0 Å². The molecule has 0 unspecified atom stereocenters. The number of thiol groups is 1. The van der Waals surface area contributed by atoms with Crippen LogP contribution in [-0.4, -0.2) is 13.2 Å². The van der Waals surface area contributed by atoms with E-state index >= 15 is 0 Å². The zero-order valence-corrected chi connectivity index (χ0v) is 8.63. The Kier molecular flexibility index (Phi) is 1.59. The second kappa shape index (κ2) is 2.50. The zero-order valence-electron chi connectivity index (χ0n) is 7.74. The van der Waals surface area contributed by atoms with Crippen LogP contribution in [0.15, 0.2) is 0 Å². The lowest BCUT2D eigenvalue weighted by molar-refractivity contribution is 0.0354. The molecule has 2 nitrogen and oxygen atoms in total. The van der Waals surface area contributed by atoms with Crippen molar-refractivity contribution in [2.75, 3.05) is 0 Å². The van der Waals surface area contributed by atoms with Gasteiger partial charge in [0, 0.05) is 0 Å². The normalized spacial score (nSPS) is 53.2. The van der Waals surface area contributed by atoms with E-state index in [0.29, 0.717) is 0 Å². The number of hydrogen-bond donors (Lipinski definition) is 1. The van der Waals surface area contributed by atoms with Gasteiger partial charge in [-0.1, -0.05) is 0 Å². The van der Waals surface area contributed by atoms with Gasteiger partial charge in [0.15, 0.2) is 0 Å². The molecule has 0 aromatic heterocycles. The molecule has 0 aromatic carbocycles. The van der Waals surface area contributed by atoms with E-state index in [0.717, 1.165) is 37.0 Å². The predicted molar refractivity (Wildman–Crippen MR) is 51.2 cm³/mol. The van der Waals surface area contributed by atoms with Crippen molar-refractivity contribution < 1.29 is 8.42 Å². The summed E-state index contributed by atoms with van der Waals surface area (Å²) in [5, 5.41) is 0. The summed E-state index contributed by atoms with van der Waals surface area (Å²) in [4.78, 5) is 0. The Morgan fingerprint density at radius 1 is 0.846 bits per heavy atom. The Morgan fingerprint density at radius 2 is 1.23 bits per heavy atom. The summed E-state index contributed by atoms with van der Waals surface area (Å²) in [6.45, 7) is 0. The van der Waals surface area contributed by atoms with Crippen LogP contribution in [0.5, 0.6) is 0 Å². The minimum atomic E-state index is -2.17. The van der Waals surface area contributed by atoms with E-state index < -0.39 is 10.7 Å². The van der Waals surface area contributed by atoms with E-state index in [9.17, 15) is 8.42 Å². The molecule has 4 bridgehead atoms. The molecule has 0 saturated heterocycles. The summed E-state index contributed by atoms with van der Waals surface area (Å²) < 4.78 is 22.3. The van der Waals surface area contributed by atoms with Gasteiger partial charge in [0.05, 0.1) is 4.75 Å². The molecule has 3 heteroatoms. The highest BCUT2D eigenvalue weighted by Crippen LogP contribution is 2.56. The van der Waals surface area contributed by atoms with Gasteiger partial charge >= 0.3 is 0 Å². The molecule has 0 atom stereocenters. The summed E-state index contributed by atoms with van der Waals surface area (Å²) >= 11 is 0. The Balaban J connectivity index is 2.00. The van der Waals surface area contributed by atoms with Gasteiger partial charge in [-0.3, -0.25) is 0 Å². The van der Waals surface area contributed by atoms with E-state index in [1.165, 1.54) is 19.3 Å². The fourth-order valence-electron chi connectivity index (χ4n) is 4.29. The summed E-state index contributed by atoms with van der Waals surface area (Å²) in [5.74, 6) is 2.25. The van der Waals surface area contributed by atoms with Crippen molar-refractivity contribution in [3.05, 3.63) is 0 Å². The molecule has 0 aliphatic heterocycles. The molecule has 0 heterocycles. The van der Waals surface area contributed by atoms with Crippen LogP contribution in [0.4, 0.5) is 0 Å². The van der Waals surface area contributed by atoms with Crippen LogP contribution in [0.2, 0.25) is 0 Å². The maximum atomic E-state index is 11.3. The highest BCUT2D eigenvalue weighted by atomic mass is 32.2. The molecule has 4 rings (SSSR count). The molecule has 0 radical (unpaired) electrons. The Morgan fingerprint density at radius 3 is 1.54 bits per heavy atom. The molecule has 4 saturated carbocycles. The summed E-state index contributed by atoms with van der Waals surface area (Å²) in [6, 6.07) is 0. The van der Waals surface area contributed by atoms with Gasteiger partial charge in [0.2, 0.25) is 0 Å². The van der Waals surface area contributed by atoms with E-state index in [2.05, 4.69) is 0 Å². The largest absolute Gasteiger partial charge is 0.231 e. The SMILES string of the molecule is O=[SH](=O)C12CC3CC(CC(C3)C1)C2. The zero-order chi connectivity index (χ0) is 9.05. The monoisotopic (exact) mass is 200 g/mol. The van der Waals surface area contributed by atoms with Crippen LogP contribution in [0.1, 0.15) is 38.5 Å². The van der Waals surface area contributed by atoms with Crippen LogP contribution < -0.4 is 0 Å². The van der Waals surface area contributed by atoms with Crippen molar-refractivity contribution in [2.24, 2.45) is 17.8 Å². The van der Waals surface area contributed by atoms with Crippen molar-refractivity contribution in [3.8, 4) is 0 Å². The van der Waals surface area contributed by atoms with E-state index in [1.807, 2.05) is 0 Å². The van der Waals surface area contributed by atoms with Crippen molar-refractivity contribution in [2.45, 2.75) is 43.3 Å². The van der Waals surface area contributed by atoms with Gasteiger partial charge in [-0.25, -0.2) is 8.42 Å². The molecule has 4 aliphatic carbocycles. The van der Waals surface area contributed by atoms with E-state index in [-0.39, 0.29) is 4.75 Å². The first-order chi connectivity index (χ1) is 6.18. The summed E-state index contributed by atoms with van der Waals surface area (Å²) in [7, 11) is -2.17. The third-order valence-corrected chi connectivity index (χ3v) is 5.72. The molecule has 0 N–H and O–H groups in total. The van der Waals surface area contributed by atoms with Crippen LogP contribution in [0, 0.1) is 17.8 Å². The molecule has 4 aliphatic rings. The molecule has 13 heavy (non-hydrogen) atoms. The fraction of sp³-hybridized carbons (Fsp3) is 1.00. The van der Waals surface area contributed by atoms with E-state index in [4.69, 9.17) is 0 Å². The maximum Gasteiger partial charge on any atom is 0.145 e. The van der Waals surface area contributed by atoms with Gasteiger partial charge in [-0.15, -0.1) is 0 Å². The highest BCUT2D eigenvalue weighted by molar-refractivity contribution is 7.74. The van der Waals surface area contributed by atoms with Crippen molar-refractivity contribution in [1.29, 1.82) is 0 Å². The lowest BCUT2D eigenvalue weighted by Gasteiger charge is -2.54. The van der Waals surface area contributed by atoms with Crippen LogP contribution in [0.3, 0.4) is 0 Å². The Labute approximate surface area is 80.7 Å². The van der Waals surface area contributed by atoms with Gasteiger partial charge in [-0.2, -0.15) is 0 Å². The molecule has 0 aromatic rings. The smallest absolute Gasteiger partial charge is 0.145 e. The van der Waals surface area contributed by atoms with Crippen molar-refractivity contribution in [1.82, 2.24) is 0 Å². The Hall–Kier alpha value is -0.0500. The quantitative estimate of drug-likeness (QED) is 0.652. The fourth-order valence-corrected chi connectivity index (χ4v) is 5.51. The first-order valence-electron chi connectivity index (χ1n) is 5.32. The van der Waals surface area contributed by atoms with Gasteiger partial charge in [-0.05, 0) is 56.3 Å². The molecule has 4 fully saturated rings. The summed E-state index contributed by atoms with van der Waals surface area (Å²) in [5.41, 5.74) is 0. The van der Waals surface area contributed by atoms with Gasteiger partial charge in [0.25, 0.3) is 0 Å². The average Bonchev–Trinajstić information content (AvgIpc) is 2.00. The Bertz CT molecular complexity index is 263. The predicted octanol–water partition coefficient (Wildman–Crippen LogP) is 1.57. The molecule has 0 amide bonds. The van der Waals surface area contributed by atoms with Gasteiger partial charge < -0.3 is 0 Å². The topological polar surface area (TPSA) is 34.1 Å². The molecule has 0 spiro atoms. The lowest BCUT2D eigenvalue weighted by atomic mass is 9.56. The first kappa shape index (κ1) is 8.27. The first-order valence-corrected chi connectivity index (χ1v) is 6.50. The second-order valence-electron chi connectivity index (χ2n) is 5.40. The lowest BCUT2D eigenvalue weighted by Crippen LogP contribution is -2.51. The van der Waals surface area contributed by atoms with Crippen LogP contribution in [-0.2, 0) is 10.7 Å². The number of hydrogen-bond acceptors (Lipinski definition) is 2. The van der Waals surface area contributed by atoms with Crippen LogP contribution in [0.25, 0.3) is 0 Å². The highest BCUT2D eigenvalue weighted by Gasteiger charge is 2.52.